The molecule has 0 aliphatic rings. The fourth-order valence-corrected chi connectivity index (χ4v) is 2.62. The minimum atomic E-state index is -0.396. The summed E-state index contributed by atoms with van der Waals surface area (Å²) >= 11 is 5.94. The maximum absolute atomic E-state index is 11.8. The lowest BCUT2D eigenvalue weighted by molar-refractivity contribution is 0.131. The molecule has 0 fully saturated rings. The van der Waals surface area contributed by atoms with Gasteiger partial charge in [-0.15, -0.1) is 0 Å². The number of rotatable bonds is 7. The van der Waals surface area contributed by atoms with Gasteiger partial charge in [0.1, 0.15) is 0 Å². The molecular weight excluding hydrogens is 324 g/mol. The van der Waals surface area contributed by atoms with E-state index in [1.807, 2.05) is 68.7 Å². The van der Waals surface area contributed by atoms with Gasteiger partial charge in [-0.2, -0.15) is 0 Å². The quantitative estimate of drug-likeness (QED) is 0.814. The van der Waals surface area contributed by atoms with Crippen LogP contribution in [0.5, 0.6) is 0 Å². The molecule has 0 heterocycles. The van der Waals surface area contributed by atoms with Crippen molar-refractivity contribution < 1.29 is 9.53 Å². The highest BCUT2D eigenvalue weighted by molar-refractivity contribution is 6.30. The maximum Gasteiger partial charge on any atom is 0.407 e. The highest BCUT2D eigenvalue weighted by Crippen LogP contribution is 2.23. The van der Waals surface area contributed by atoms with E-state index >= 15 is 0 Å². The molecule has 0 aliphatic carbocycles. The highest BCUT2D eigenvalue weighted by atomic mass is 35.5. The first kappa shape index (κ1) is 18.3. The summed E-state index contributed by atoms with van der Waals surface area (Å²) in [4.78, 5) is 13.9. The van der Waals surface area contributed by atoms with Gasteiger partial charge in [0.25, 0.3) is 0 Å². The second-order valence-electron chi connectivity index (χ2n) is 5.79. The van der Waals surface area contributed by atoms with E-state index in [1.54, 1.807) is 0 Å². The second-order valence-corrected chi connectivity index (χ2v) is 6.23. The van der Waals surface area contributed by atoms with Crippen LogP contribution < -0.4 is 5.32 Å². The van der Waals surface area contributed by atoms with Crippen LogP contribution in [-0.4, -0.2) is 31.7 Å². The van der Waals surface area contributed by atoms with Crippen molar-refractivity contribution in [2.24, 2.45) is 0 Å². The zero-order chi connectivity index (χ0) is 17.4. The molecule has 4 nitrogen and oxygen atoms in total. The number of amides is 1. The molecule has 0 spiro atoms. The van der Waals surface area contributed by atoms with Crippen molar-refractivity contribution in [3.8, 4) is 0 Å². The van der Waals surface area contributed by atoms with Crippen LogP contribution in [0.2, 0.25) is 5.02 Å². The van der Waals surface area contributed by atoms with E-state index in [1.165, 1.54) is 0 Å². The molecule has 0 aromatic heterocycles. The fraction of sp³-hybridized carbons (Fsp3) is 0.316. The number of ether oxygens (including phenoxy) is 1. The fourth-order valence-electron chi connectivity index (χ4n) is 2.49. The highest BCUT2D eigenvalue weighted by Gasteiger charge is 2.15. The normalized spacial score (nSPS) is 12.0. The molecule has 0 saturated heterocycles. The monoisotopic (exact) mass is 346 g/mol. The molecule has 0 aliphatic heterocycles. The lowest BCUT2D eigenvalue weighted by atomic mass is 10.0. The first-order valence-corrected chi connectivity index (χ1v) is 8.30. The lowest BCUT2D eigenvalue weighted by Gasteiger charge is -2.24. The molecule has 0 saturated carbocycles. The number of hydrogen-bond donors (Lipinski definition) is 1. The van der Waals surface area contributed by atoms with Crippen LogP contribution in [0.4, 0.5) is 4.79 Å². The van der Waals surface area contributed by atoms with Crippen molar-refractivity contribution in [2.75, 3.05) is 20.7 Å². The minimum absolute atomic E-state index is 0.171. The third-order valence-electron chi connectivity index (χ3n) is 3.78. The Morgan fingerprint density at radius 1 is 1.12 bits per heavy atom. The van der Waals surface area contributed by atoms with Crippen LogP contribution >= 0.6 is 11.6 Å². The Hall–Kier alpha value is -2.04. The zero-order valence-electron chi connectivity index (χ0n) is 14.0. The summed E-state index contributed by atoms with van der Waals surface area (Å²) in [6.07, 6.45) is 0.320. The van der Waals surface area contributed by atoms with Gasteiger partial charge in [0, 0.05) is 24.0 Å². The smallest absolute Gasteiger partial charge is 0.407 e. The first-order chi connectivity index (χ1) is 11.6. The predicted molar refractivity (Wildman–Crippen MR) is 97.1 cm³/mol. The molecule has 128 valence electrons. The van der Waals surface area contributed by atoms with Crippen molar-refractivity contribution in [2.45, 2.75) is 19.0 Å². The van der Waals surface area contributed by atoms with E-state index in [9.17, 15) is 4.79 Å². The summed E-state index contributed by atoms with van der Waals surface area (Å²) < 4.78 is 5.29. The Morgan fingerprint density at radius 2 is 1.79 bits per heavy atom. The van der Waals surface area contributed by atoms with Gasteiger partial charge in [-0.3, -0.25) is 0 Å². The van der Waals surface area contributed by atoms with Gasteiger partial charge in [-0.05, 0) is 37.4 Å². The summed E-state index contributed by atoms with van der Waals surface area (Å²) in [6.45, 7) is 0.820. The van der Waals surface area contributed by atoms with Gasteiger partial charge in [0.05, 0.1) is 6.61 Å². The van der Waals surface area contributed by atoms with E-state index in [2.05, 4.69) is 10.2 Å². The van der Waals surface area contributed by atoms with Gasteiger partial charge in [0.15, 0.2) is 0 Å². The van der Waals surface area contributed by atoms with Crippen molar-refractivity contribution in [3.63, 3.8) is 0 Å². The molecular formula is C19H23ClN2O2. The SMILES string of the molecule is CN(C)C(CCOC(=O)NCc1ccccc1)c1ccc(Cl)cc1. The topological polar surface area (TPSA) is 41.6 Å². The Labute approximate surface area is 148 Å². The molecule has 2 aromatic rings. The number of carbonyl (C=O) groups excluding carboxylic acids is 1. The van der Waals surface area contributed by atoms with Crippen LogP contribution in [0.25, 0.3) is 0 Å². The average molecular weight is 347 g/mol. The van der Waals surface area contributed by atoms with Gasteiger partial charge >= 0.3 is 6.09 Å². The number of hydrogen-bond acceptors (Lipinski definition) is 3. The zero-order valence-corrected chi connectivity index (χ0v) is 14.8. The molecule has 1 atom stereocenters. The van der Waals surface area contributed by atoms with Gasteiger partial charge in [-0.25, -0.2) is 4.79 Å². The van der Waals surface area contributed by atoms with Crippen molar-refractivity contribution in [1.29, 1.82) is 0 Å². The van der Waals surface area contributed by atoms with E-state index in [0.29, 0.717) is 24.6 Å². The summed E-state index contributed by atoms with van der Waals surface area (Å²) in [6, 6.07) is 17.7. The Bertz CT molecular complexity index is 630. The third kappa shape index (κ3) is 5.87. The third-order valence-corrected chi connectivity index (χ3v) is 4.03. The standard InChI is InChI=1S/C19H23ClN2O2/c1-22(2)18(16-8-10-17(20)11-9-16)12-13-24-19(23)21-14-15-6-4-3-5-7-15/h3-11,18H,12-14H2,1-2H3,(H,21,23). The minimum Gasteiger partial charge on any atom is -0.449 e. The van der Waals surface area contributed by atoms with Crippen molar-refractivity contribution >= 4 is 17.7 Å². The molecule has 5 heteroatoms. The molecule has 1 amide bonds. The number of halogens is 1. The number of nitrogens with one attached hydrogen (secondary N) is 1. The Balaban J connectivity index is 1.78. The average Bonchev–Trinajstić information content (AvgIpc) is 2.58. The van der Waals surface area contributed by atoms with E-state index in [-0.39, 0.29) is 6.04 Å². The largest absolute Gasteiger partial charge is 0.449 e. The van der Waals surface area contributed by atoms with E-state index in [0.717, 1.165) is 11.1 Å². The van der Waals surface area contributed by atoms with Gasteiger partial charge in [0.2, 0.25) is 0 Å². The maximum atomic E-state index is 11.8. The van der Waals surface area contributed by atoms with Crippen LogP contribution in [0.15, 0.2) is 54.6 Å². The van der Waals surface area contributed by atoms with E-state index in [4.69, 9.17) is 16.3 Å². The molecule has 2 rings (SSSR count). The summed E-state index contributed by atoms with van der Waals surface area (Å²) in [5.41, 5.74) is 2.19. The summed E-state index contributed by atoms with van der Waals surface area (Å²) in [7, 11) is 4.02. The van der Waals surface area contributed by atoms with Crippen LogP contribution in [-0.2, 0) is 11.3 Å². The number of alkyl carbamates (subject to hydrolysis) is 1. The van der Waals surface area contributed by atoms with Crippen LogP contribution in [0.1, 0.15) is 23.6 Å². The number of benzene rings is 2. The lowest BCUT2D eigenvalue weighted by Crippen LogP contribution is -2.26. The van der Waals surface area contributed by atoms with E-state index < -0.39 is 6.09 Å². The van der Waals surface area contributed by atoms with Gasteiger partial charge < -0.3 is 15.0 Å². The molecule has 2 aromatic carbocycles. The second kappa shape index (κ2) is 9.30. The molecule has 0 bridgehead atoms. The molecule has 1 unspecified atom stereocenters. The predicted octanol–water partition coefficient (Wildman–Crippen LogP) is 4.26. The van der Waals surface area contributed by atoms with Crippen molar-refractivity contribution in [3.05, 3.63) is 70.7 Å². The first-order valence-electron chi connectivity index (χ1n) is 7.92. The van der Waals surface area contributed by atoms with Crippen molar-refractivity contribution in [1.82, 2.24) is 10.2 Å². The van der Waals surface area contributed by atoms with Crippen LogP contribution in [0.3, 0.4) is 0 Å². The number of carbonyl (C=O) groups is 1. The molecule has 1 N–H and O–H groups in total. The summed E-state index contributed by atoms with van der Waals surface area (Å²) in [5.74, 6) is 0. The van der Waals surface area contributed by atoms with Crippen LogP contribution in [0, 0.1) is 0 Å². The van der Waals surface area contributed by atoms with Gasteiger partial charge in [-0.1, -0.05) is 54.1 Å². The Morgan fingerprint density at radius 3 is 2.42 bits per heavy atom. The number of nitrogens with zero attached hydrogens (tertiary/aromatic N) is 1. The molecule has 24 heavy (non-hydrogen) atoms. The Kier molecular flexibility index (Phi) is 7.09. The summed E-state index contributed by atoms with van der Waals surface area (Å²) in [5, 5.41) is 3.47. The molecule has 0 radical (unpaired) electrons.